The number of carbonyl (C=O) groups excluding carboxylic acids is 1. The number of carbonyl (C=O) groups is 1. The fourth-order valence-electron chi connectivity index (χ4n) is 2.15. The number of phenolic OH excluding ortho intramolecular Hbond substituents is 1. The van der Waals surface area contributed by atoms with E-state index in [2.05, 4.69) is 20.7 Å². The Kier molecular flexibility index (Phi) is 8.38. The second-order valence-corrected chi connectivity index (χ2v) is 9.62. The van der Waals surface area contributed by atoms with Crippen LogP contribution in [-0.2, 0) is 10.5 Å². The SMILES string of the molecule is COc1cc(/C=N/NC(=O)CSc2nnc(SCc3ccc(Cl)cc3)s2)ccc1O. The number of thioether (sulfide) groups is 2. The summed E-state index contributed by atoms with van der Waals surface area (Å²) in [5.41, 5.74) is 4.29. The Morgan fingerprint density at radius 3 is 2.70 bits per heavy atom. The maximum atomic E-state index is 12.0. The van der Waals surface area contributed by atoms with Crippen molar-refractivity contribution in [2.45, 2.75) is 14.4 Å². The summed E-state index contributed by atoms with van der Waals surface area (Å²) < 4.78 is 6.59. The normalized spacial score (nSPS) is 11.0. The predicted molar refractivity (Wildman–Crippen MR) is 122 cm³/mol. The minimum absolute atomic E-state index is 0.0397. The zero-order chi connectivity index (χ0) is 21.3. The highest BCUT2D eigenvalue weighted by Crippen LogP contribution is 2.31. The number of methoxy groups -OCH3 is 1. The summed E-state index contributed by atoms with van der Waals surface area (Å²) in [4.78, 5) is 12.0. The summed E-state index contributed by atoms with van der Waals surface area (Å²) >= 11 is 10.2. The molecule has 0 saturated heterocycles. The number of hydrogen-bond acceptors (Lipinski definition) is 9. The Bertz CT molecular complexity index is 1030. The number of ether oxygens (including phenoxy) is 1. The fraction of sp³-hybridized carbons (Fsp3) is 0.158. The van der Waals surface area contributed by atoms with Gasteiger partial charge in [-0.05, 0) is 41.5 Å². The van der Waals surface area contributed by atoms with Crippen molar-refractivity contribution < 1.29 is 14.6 Å². The van der Waals surface area contributed by atoms with E-state index in [1.807, 2.05) is 24.3 Å². The van der Waals surface area contributed by atoms with Crippen LogP contribution >= 0.6 is 46.5 Å². The lowest BCUT2D eigenvalue weighted by Crippen LogP contribution is -2.19. The monoisotopic (exact) mass is 480 g/mol. The van der Waals surface area contributed by atoms with Gasteiger partial charge >= 0.3 is 0 Å². The third-order valence-corrected chi connectivity index (χ3v) is 7.11. The molecule has 0 aliphatic heterocycles. The number of aromatic nitrogens is 2. The van der Waals surface area contributed by atoms with Crippen molar-refractivity contribution in [3.63, 3.8) is 0 Å². The number of nitrogens with one attached hydrogen (secondary N) is 1. The first-order valence-electron chi connectivity index (χ1n) is 8.56. The van der Waals surface area contributed by atoms with Crippen molar-refractivity contribution in [1.29, 1.82) is 0 Å². The number of hydrazone groups is 1. The van der Waals surface area contributed by atoms with Crippen LogP contribution in [0.5, 0.6) is 11.5 Å². The highest BCUT2D eigenvalue weighted by atomic mass is 35.5. The second-order valence-electron chi connectivity index (χ2n) is 5.76. The quantitative estimate of drug-likeness (QED) is 0.265. The fourth-order valence-corrected chi connectivity index (χ4v) is 5.05. The molecule has 0 spiro atoms. The summed E-state index contributed by atoms with van der Waals surface area (Å²) in [7, 11) is 1.46. The Hall–Kier alpha value is -2.27. The van der Waals surface area contributed by atoms with E-state index in [0.717, 1.165) is 20.0 Å². The van der Waals surface area contributed by atoms with E-state index < -0.39 is 0 Å². The highest BCUT2D eigenvalue weighted by Gasteiger charge is 2.09. The number of rotatable bonds is 9. The van der Waals surface area contributed by atoms with E-state index >= 15 is 0 Å². The molecule has 30 heavy (non-hydrogen) atoms. The molecular weight excluding hydrogens is 464 g/mol. The molecule has 7 nitrogen and oxygen atoms in total. The third-order valence-electron chi connectivity index (χ3n) is 3.60. The molecule has 0 fully saturated rings. The van der Waals surface area contributed by atoms with Gasteiger partial charge in [0.25, 0.3) is 5.91 Å². The largest absolute Gasteiger partial charge is 0.504 e. The van der Waals surface area contributed by atoms with Gasteiger partial charge in [0.05, 0.1) is 19.1 Å². The molecule has 3 aromatic rings. The molecule has 0 saturated carbocycles. The lowest BCUT2D eigenvalue weighted by molar-refractivity contribution is -0.118. The van der Waals surface area contributed by atoms with Gasteiger partial charge in [0.1, 0.15) is 0 Å². The van der Waals surface area contributed by atoms with Crippen LogP contribution in [-0.4, -0.2) is 40.3 Å². The van der Waals surface area contributed by atoms with Crippen molar-refractivity contribution in [3.8, 4) is 11.5 Å². The Morgan fingerprint density at radius 2 is 1.97 bits per heavy atom. The first-order valence-corrected chi connectivity index (χ1v) is 11.7. The van der Waals surface area contributed by atoms with Crippen LogP contribution in [0.25, 0.3) is 0 Å². The molecule has 0 atom stereocenters. The van der Waals surface area contributed by atoms with Crippen LogP contribution in [0.3, 0.4) is 0 Å². The van der Waals surface area contributed by atoms with Crippen LogP contribution in [0.4, 0.5) is 0 Å². The van der Waals surface area contributed by atoms with Crippen LogP contribution in [0.2, 0.25) is 5.02 Å². The van der Waals surface area contributed by atoms with Crippen LogP contribution in [0.1, 0.15) is 11.1 Å². The Labute approximate surface area is 190 Å². The van der Waals surface area contributed by atoms with Crippen molar-refractivity contribution in [2.24, 2.45) is 5.10 Å². The van der Waals surface area contributed by atoms with Gasteiger partial charge < -0.3 is 9.84 Å². The molecule has 0 aliphatic rings. The maximum absolute atomic E-state index is 12.0. The lowest BCUT2D eigenvalue weighted by atomic mass is 10.2. The van der Waals surface area contributed by atoms with Gasteiger partial charge in [0.15, 0.2) is 20.2 Å². The van der Waals surface area contributed by atoms with Crippen LogP contribution < -0.4 is 10.2 Å². The van der Waals surface area contributed by atoms with Gasteiger partial charge in [-0.3, -0.25) is 4.79 Å². The summed E-state index contributed by atoms with van der Waals surface area (Å²) in [6.45, 7) is 0. The Balaban J connectivity index is 1.42. The molecule has 2 aromatic carbocycles. The van der Waals surface area contributed by atoms with Gasteiger partial charge in [-0.25, -0.2) is 5.43 Å². The molecule has 1 heterocycles. The van der Waals surface area contributed by atoms with Gasteiger partial charge in [-0.1, -0.05) is 58.6 Å². The molecule has 0 bridgehead atoms. The minimum Gasteiger partial charge on any atom is -0.504 e. The zero-order valence-corrected chi connectivity index (χ0v) is 18.9. The number of halogens is 1. The van der Waals surface area contributed by atoms with Crippen LogP contribution in [0.15, 0.2) is 56.2 Å². The zero-order valence-electron chi connectivity index (χ0n) is 15.7. The summed E-state index contributed by atoms with van der Waals surface area (Å²) in [6.07, 6.45) is 1.47. The molecule has 0 unspecified atom stereocenters. The Morgan fingerprint density at radius 1 is 1.23 bits per heavy atom. The van der Waals surface area contributed by atoms with E-state index in [4.69, 9.17) is 16.3 Å². The average Bonchev–Trinajstić information content (AvgIpc) is 3.21. The van der Waals surface area contributed by atoms with Gasteiger partial charge in [0, 0.05) is 10.8 Å². The van der Waals surface area contributed by atoms with E-state index in [0.29, 0.717) is 16.3 Å². The molecule has 0 aliphatic carbocycles. The molecule has 1 aromatic heterocycles. The van der Waals surface area contributed by atoms with Crippen molar-refractivity contribution in [3.05, 3.63) is 58.6 Å². The second kappa shape index (κ2) is 11.2. The van der Waals surface area contributed by atoms with E-state index in [9.17, 15) is 9.90 Å². The molecule has 156 valence electrons. The molecule has 1 amide bonds. The summed E-state index contributed by atoms with van der Waals surface area (Å²) in [6, 6.07) is 12.4. The molecule has 11 heteroatoms. The van der Waals surface area contributed by atoms with Gasteiger partial charge in [-0.2, -0.15) is 5.10 Å². The minimum atomic E-state index is -0.257. The number of amides is 1. The number of benzene rings is 2. The molecule has 3 rings (SSSR count). The standard InChI is InChI=1S/C19H17ClN4O3S3/c1-27-16-8-13(4-7-15(16)25)9-21-22-17(26)11-29-19-24-23-18(30-19)28-10-12-2-5-14(20)6-3-12/h2-9,25H,10-11H2,1H3,(H,22,26)/b21-9+. The third kappa shape index (κ3) is 6.91. The van der Waals surface area contributed by atoms with E-state index in [1.54, 1.807) is 23.9 Å². The lowest BCUT2D eigenvalue weighted by Gasteiger charge is -2.03. The number of nitrogens with zero attached hydrogens (tertiary/aromatic N) is 3. The summed E-state index contributed by atoms with van der Waals surface area (Å²) in [5.74, 6) is 1.06. The maximum Gasteiger partial charge on any atom is 0.250 e. The summed E-state index contributed by atoms with van der Waals surface area (Å²) in [5, 5.41) is 22.4. The number of aromatic hydroxyl groups is 1. The van der Waals surface area contributed by atoms with Crippen molar-refractivity contribution in [1.82, 2.24) is 15.6 Å². The molecular formula is C19H17ClN4O3S3. The number of phenols is 1. The molecule has 2 N–H and O–H groups in total. The highest BCUT2D eigenvalue weighted by molar-refractivity contribution is 8.03. The topological polar surface area (TPSA) is 96.7 Å². The van der Waals surface area contributed by atoms with Crippen LogP contribution in [0, 0.1) is 0 Å². The first-order chi connectivity index (χ1) is 14.5. The van der Waals surface area contributed by atoms with Crippen molar-refractivity contribution in [2.75, 3.05) is 12.9 Å². The van der Waals surface area contributed by atoms with Crippen molar-refractivity contribution >= 4 is 58.6 Å². The molecule has 0 radical (unpaired) electrons. The first kappa shape index (κ1) is 22.4. The number of hydrogen-bond donors (Lipinski definition) is 2. The van der Waals surface area contributed by atoms with Gasteiger partial charge in [-0.15, -0.1) is 10.2 Å². The van der Waals surface area contributed by atoms with E-state index in [1.165, 1.54) is 42.5 Å². The average molecular weight is 481 g/mol. The smallest absolute Gasteiger partial charge is 0.250 e. The van der Waals surface area contributed by atoms with E-state index in [-0.39, 0.29) is 17.4 Å². The predicted octanol–water partition coefficient (Wildman–Crippen LogP) is 4.44. The van der Waals surface area contributed by atoms with Gasteiger partial charge in [0.2, 0.25) is 0 Å².